The molecular formula is C14H11BrN2O3. The van der Waals surface area contributed by atoms with Crippen molar-refractivity contribution in [2.75, 3.05) is 5.32 Å². The molecule has 1 heterocycles. The number of carboxylic acids is 1. The lowest BCUT2D eigenvalue weighted by Crippen LogP contribution is -2.17. The predicted molar refractivity (Wildman–Crippen MR) is 77.7 cm³/mol. The fraction of sp³-hybridized carbons (Fsp3) is 0.0714. The fourth-order valence-electron chi connectivity index (χ4n) is 1.67. The zero-order valence-corrected chi connectivity index (χ0v) is 11.9. The molecule has 6 heteroatoms. The van der Waals surface area contributed by atoms with E-state index in [1.54, 1.807) is 36.5 Å². The van der Waals surface area contributed by atoms with E-state index in [9.17, 15) is 9.59 Å². The summed E-state index contributed by atoms with van der Waals surface area (Å²) in [5, 5.41) is 11.7. The molecule has 0 aliphatic heterocycles. The van der Waals surface area contributed by atoms with Gasteiger partial charge in [0.25, 0.3) is 0 Å². The Morgan fingerprint density at radius 1 is 1.25 bits per heavy atom. The Kier molecular flexibility index (Phi) is 4.47. The van der Waals surface area contributed by atoms with Gasteiger partial charge in [0.15, 0.2) is 0 Å². The van der Waals surface area contributed by atoms with E-state index in [1.165, 1.54) is 6.07 Å². The van der Waals surface area contributed by atoms with Crippen molar-refractivity contribution >= 4 is 33.5 Å². The SMILES string of the molecule is O=C(Cc1ccccn1)Nc1cc(Br)ccc1C(=O)O. The lowest BCUT2D eigenvalue weighted by molar-refractivity contribution is -0.115. The molecule has 102 valence electrons. The third kappa shape index (κ3) is 3.64. The minimum atomic E-state index is -1.09. The number of hydrogen-bond donors (Lipinski definition) is 2. The summed E-state index contributed by atoms with van der Waals surface area (Å²) in [5.41, 5.74) is 0.923. The van der Waals surface area contributed by atoms with Gasteiger partial charge in [-0.1, -0.05) is 22.0 Å². The second-order valence-corrected chi connectivity index (χ2v) is 4.96. The molecule has 0 fully saturated rings. The van der Waals surface area contributed by atoms with E-state index < -0.39 is 5.97 Å². The molecule has 2 N–H and O–H groups in total. The second kappa shape index (κ2) is 6.29. The molecule has 0 saturated heterocycles. The maximum absolute atomic E-state index is 11.9. The third-order valence-corrected chi connectivity index (χ3v) is 3.05. The number of carbonyl (C=O) groups excluding carboxylic acids is 1. The summed E-state index contributed by atoms with van der Waals surface area (Å²) < 4.78 is 0.690. The van der Waals surface area contributed by atoms with E-state index >= 15 is 0 Å². The summed E-state index contributed by atoms with van der Waals surface area (Å²) >= 11 is 3.25. The van der Waals surface area contributed by atoms with Crippen LogP contribution in [0.5, 0.6) is 0 Å². The second-order valence-electron chi connectivity index (χ2n) is 4.04. The highest BCUT2D eigenvalue weighted by Gasteiger charge is 2.13. The van der Waals surface area contributed by atoms with Crippen LogP contribution in [0, 0.1) is 0 Å². The van der Waals surface area contributed by atoms with E-state index in [0.717, 1.165) is 0 Å². The van der Waals surface area contributed by atoms with Crippen LogP contribution in [-0.4, -0.2) is 22.0 Å². The zero-order valence-electron chi connectivity index (χ0n) is 10.3. The Morgan fingerprint density at radius 2 is 2.05 bits per heavy atom. The van der Waals surface area contributed by atoms with Crippen molar-refractivity contribution in [3.63, 3.8) is 0 Å². The van der Waals surface area contributed by atoms with Crippen LogP contribution in [0.2, 0.25) is 0 Å². The van der Waals surface area contributed by atoms with E-state index in [2.05, 4.69) is 26.2 Å². The molecule has 0 radical (unpaired) electrons. The lowest BCUT2D eigenvalue weighted by Gasteiger charge is -2.08. The topological polar surface area (TPSA) is 79.3 Å². The Balaban J connectivity index is 2.15. The molecule has 0 spiro atoms. The Labute approximate surface area is 123 Å². The molecule has 0 bridgehead atoms. The van der Waals surface area contributed by atoms with Gasteiger partial charge in [0.1, 0.15) is 0 Å². The Morgan fingerprint density at radius 3 is 2.70 bits per heavy atom. The molecule has 2 aromatic rings. The number of anilines is 1. The smallest absolute Gasteiger partial charge is 0.337 e. The van der Waals surface area contributed by atoms with Gasteiger partial charge in [-0.3, -0.25) is 9.78 Å². The van der Waals surface area contributed by atoms with E-state index in [0.29, 0.717) is 10.2 Å². The Bertz CT molecular complexity index is 644. The molecule has 0 atom stereocenters. The van der Waals surface area contributed by atoms with Gasteiger partial charge in [-0.25, -0.2) is 4.79 Å². The predicted octanol–water partition coefficient (Wildman–Crippen LogP) is 2.72. The molecule has 1 aromatic heterocycles. The van der Waals surface area contributed by atoms with Crippen molar-refractivity contribution in [3.8, 4) is 0 Å². The number of carboxylic acid groups (broad SMARTS) is 1. The van der Waals surface area contributed by atoms with Crippen LogP contribution in [-0.2, 0) is 11.2 Å². The minimum Gasteiger partial charge on any atom is -0.478 e. The van der Waals surface area contributed by atoms with Gasteiger partial charge in [0.05, 0.1) is 17.7 Å². The molecule has 0 unspecified atom stereocenters. The van der Waals surface area contributed by atoms with Crippen molar-refractivity contribution < 1.29 is 14.7 Å². The standard InChI is InChI=1S/C14H11BrN2O3/c15-9-4-5-11(14(19)20)12(7-9)17-13(18)8-10-3-1-2-6-16-10/h1-7H,8H2,(H,17,18)(H,19,20). The van der Waals surface area contributed by atoms with Crippen LogP contribution in [0.15, 0.2) is 47.1 Å². The monoisotopic (exact) mass is 334 g/mol. The summed E-state index contributed by atoms with van der Waals surface area (Å²) in [6.07, 6.45) is 1.69. The third-order valence-electron chi connectivity index (χ3n) is 2.55. The van der Waals surface area contributed by atoms with Gasteiger partial charge in [0.2, 0.25) is 5.91 Å². The van der Waals surface area contributed by atoms with Crippen molar-refractivity contribution in [1.29, 1.82) is 0 Å². The number of halogens is 1. The number of aromatic carboxylic acids is 1. The van der Waals surface area contributed by atoms with E-state index in [4.69, 9.17) is 5.11 Å². The van der Waals surface area contributed by atoms with Crippen LogP contribution in [0.3, 0.4) is 0 Å². The van der Waals surface area contributed by atoms with Gasteiger partial charge in [0, 0.05) is 16.4 Å². The Hall–Kier alpha value is -2.21. The summed E-state index contributed by atoms with van der Waals surface area (Å²) in [5.74, 6) is -1.41. The van der Waals surface area contributed by atoms with Gasteiger partial charge in [-0.2, -0.15) is 0 Å². The summed E-state index contributed by atoms with van der Waals surface area (Å²) in [4.78, 5) is 27.1. The molecule has 0 saturated carbocycles. The number of carbonyl (C=O) groups is 2. The molecule has 20 heavy (non-hydrogen) atoms. The lowest BCUT2D eigenvalue weighted by atomic mass is 10.1. The summed E-state index contributed by atoms with van der Waals surface area (Å²) in [6, 6.07) is 9.88. The van der Waals surface area contributed by atoms with Crippen LogP contribution < -0.4 is 5.32 Å². The molecule has 2 rings (SSSR count). The van der Waals surface area contributed by atoms with Gasteiger partial charge < -0.3 is 10.4 Å². The first kappa shape index (κ1) is 14.2. The molecule has 0 aliphatic rings. The van der Waals surface area contributed by atoms with Crippen molar-refractivity contribution in [3.05, 3.63) is 58.3 Å². The van der Waals surface area contributed by atoms with Crippen LogP contribution in [0.1, 0.15) is 16.1 Å². The van der Waals surface area contributed by atoms with Crippen LogP contribution >= 0.6 is 15.9 Å². The van der Waals surface area contributed by atoms with Crippen molar-refractivity contribution in [2.45, 2.75) is 6.42 Å². The fourth-order valence-corrected chi connectivity index (χ4v) is 2.03. The molecular weight excluding hydrogens is 324 g/mol. The highest BCUT2D eigenvalue weighted by molar-refractivity contribution is 9.10. The number of aromatic nitrogens is 1. The van der Waals surface area contributed by atoms with Crippen molar-refractivity contribution in [2.24, 2.45) is 0 Å². The number of amides is 1. The number of pyridine rings is 1. The molecule has 1 aromatic carbocycles. The maximum Gasteiger partial charge on any atom is 0.337 e. The number of rotatable bonds is 4. The largest absolute Gasteiger partial charge is 0.478 e. The zero-order chi connectivity index (χ0) is 14.5. The first-order valence-electron chi connectivity index (χ1n) is 5.79. The molecule has 0 aliphatic carbocycles. The first-order valence-corrected chi connectivity index (χ1v) is 6.58. The quantitative estimate of drug-likeness (QED) is 0.900. The van der Waals surface area contributed by atoms with Crippen LogP contribution in [0.4, 0.5) is 5.69 Å². The number of benzene rings is 1. The maximum atomic E-state index is 11.9. The summed E-state index contributed by atoms with van der Waals surface area (Å²) in [7, 11) is 0. The average molecular weight is 335 g/mol. The van der Waals surface area contributed by atoms with E-state index in [-0.39, 0.29) is 23.6 Å². The first-order chi connectivity index (χ1) is 9.56. The van der Waals surface area contributed by atoms with Crippen molar-refractivity contribution in [1.82, 2.24) is 4.98 Å². The number of nitrogens with one attached hydrogen (secondary N) is 1. The highest BCUT2D eigenvalue weighted by atomic mass is 79.9. The minimum absolute atomic E-state index is 0.0440. The van der Waals surface area contributed by atoms with E-state index in [1.807, 2.05) is 0 Å². The molecule has 5 nitrogen and oxygen atoms in total. The van der Waals surface area contributed by atoms with Crippen LogP contribution in [0.25, 0.3) is 0 Å². The van der Waals surface area contributed by atoms with Gasteiger partial charge >= 0.3 is 5.97 Å². The average Bonchev–Trinajstić information content (AvgIpc) is 2.39. The molecule has 1 amide bonds. The van der Waals surface area contributed by atoms with Gasteiger partial charge in [-0.15, -0.1) is 0 Å². The highest BCUT2D eigenvalue weighted by Crippen LogP contribution is 2.21. The van der Waals surface area contributed by atoms with Gasteiger partial charge in [-0.05, 0) is 30.3 Å². The number of hydrogen-bond acceptors (Lipinski definition) is 3. The number of nitrogens with zero attached hydrogens (tertiary/aromatic N) is 1. The summed E-state index contributed by atoms with van der Waals surface area (Å²) in [6.45, 7) is 0. The normalized spacial score (nSPS) is 10.1.